The zero-order chi connectivity index (χ0) is 22.8. The smallest absolute Gasteiger partial charge is 0.163 e. The first-order valence-electron chi connectivity index (χ1n) is 10.3. The quantitative estimate of drug-likeness (QED) is 0.373. The molecule has 0 fully saturated rings. The number of ether oxygens (including phenoxy) is 3. The number of rotatable bonds is 13. The molecule has 0 aliphatic rings. The van der Waals surface area contributed by atoms with E-state index >= 15 is 0 Å². The molecule has 2 rings (SSSR count). The number of aliphatic hydroxyl groups is 1. The van der Waals surface area contributed by atoms with E-state index in [1.165, 1.54) is 6.92 Å². The van der Waals surface area contributed by atoms with E-state index < -0.39 is 6.10 Å². The summed E-state index contributed by atoms with van der Waals surface area (Å²) in [4.78, 5) is 23.8. The molecule has 0 radical (unpaired) electrons. The van der Waals surface area contributed by atoms with E-state index in [9.17, 15) is 14.7 Å². The number of ketones is 2. The van der Waals surface area contributed by atoms with Crippen molar-refractivity contribution in [1.82, 2.24) is 5.32 Å². The number of nitrogens with one attached hydrogen (secondary N) is 1. The van der Waals surface area contributed by atoms with E-state index in [0.717, 1.165) is 12.0 Å². The van der Waals surface area contributed by atoms with Crippen molar-refractivity contribution >= 4 is 11.6 Å². The molecule has 7 nitrogen and oxygen atoms in total. The minimum atomic E-state index is -0.748. The van der Waals surface area contributed by atoms with Crippen molar-refractivity contribution in [2.24, 2.45) is 0 Å². The molecule has 0 spiro atoms. The van der Waals surface area contributed by atoms with E-state index in [1.54, 1.807) is 39.3 Å². The monoisotopic (exact) mass is 429 g/mol. The van der Waals surface area contributed by atoms with Crippen LogP contribution in [0.5, 0.6) is 17.2 Å². The Hall–Kier alpha value is -2.90. The van der Waals surface area contributed by atoms with Gasteiger partial charge in [-0.05, 0) is 55.8 Å². The summed E-state index contributed by atoms with van der Waals surface area (Å²) in [5.41, 5.74) is 1.91. The molecule has 2 aromatic carbocycles. The number of hydrogen-bond donors (Lipinski definition) is 2. The van der Waals surface area contributed by atoms with Gasteiger partial charge < -0.3 is 24.6 Å². The van der Waals surface area contributed by atoms with E-state index in [-0.39, 0.29) is 18.2 Å². The van der Waals surface area contributed by atoms with Crippen LogP contribution in [0.25, 0.3) is 0 Å². The zero-order valence-electron chi connectivity index (χ0n) is 18.6. The number of aliphatic hydroxyl groups excluding tert-OH is 1. The van der Waals surface area contributed by atoms with Crippen molar-refractivity contribution < 1.29 is 28.9 Å². The van der Waals surface area contributed by atoms with Gasteiger partial charge in [-0.25, -0.2) is 0 Å². The molecular formula is C24H31NO6. The molecule has 1 atom stereocenters. The maximum absolute atomic E-state index is 11.9. The Balaban J connectivity index is 1.82. The number of methoxy groups -OCH3 is 2. The van der Waals surface area contributed by atoms with Crippen LogP contribution in [0.1, 0.15) is 46.5 Å². The fraction of sp³-hybridized carbons (Fsp3) is 0.417. The van der Waals surface area contributed by atoms with Gasteiger partial charge in [0.15, 0.2) is 23.1 Å². The van der Waals surface area contributed by atoms with Crippen LogP contribution in [0.2, 0.25) is 0 Å². The summed E-state index contributed by atoms with van der Waals surface area (Å²) in [7, 11) is 3.20. The molecule has 0 saturated heterocycles. The largest absolute Gasteiger partial charge is 0.493 e. The number of carbonyl (C=O) groups excluding carboxylic acids is 2. The molecule has 0 amide bonds. The number of Topliss-reactive ketones (excluding diaryl/α,β-unsaturated/α-hetero) is 2. The lowest BCUT2D eigenvalue weighted by molar-refractivity contribution is 0.0972. The van der Waals surface area contributed by atoms with Crippen LogP contribution >= 0.6 is 0 Å². The summed E-state index contributed by atoms with van der Waals surface area (Å²) < 4.78 is 16.2. The first-order chi connectivity index (χ1) is 14.9. The van der Waals surface area contributed by atoms with Crippen molar-refractivity contribution in [3.8, 4) is 17.2 Å². The van der Waals surface area contributed by atoms with Gasteiger partial charge in [0.05, 0.1) is 19.8 Å². The highest BCUT2D eigenvalue weighted by Crippen LogP contribution is 2.27. The second-order valence-electron chi connectivity index (χ2n) is 7.15. The van der Waals surface area contributed by atoms with Gasteiger partial charge in [0.1, 0.15) is 18.5 Å². The lowest BCUT2D eigenvalue weighted by Gasteiger charge is -2.16. The van der Waals surface area contributed by atoms with Crippen molar-refractivity contribution in [3.63, 3.8) is 0 Å². The van der Waals surface area contributed by atoms with Crippen molar-refractivity contribution in [3.05, 3.63) is 53.1 Å². The predicted molar refractivity (Wildman–Crippen MR) is 119 cm³/mol. The number of hydrogen-bond acceptors (Lipinski definition) is 7. The summed E-state index contributed by atoms with van der Waals surface area (Å²) in [6.07, 6.45) is 0.378. The third-order valence-electron chi connectivity index (χ3n) is 4.85. The van der Waals surface area contributed by atoms with Crippen LogP contribution in [-0.4, -0.2) is 56.7 Å². The van der Waals surface area contributed by atoms with Crippen LogP contribution in [-0.2, 0) is 6.42 Å². The lowest BCUT2D eigenvalue weighted by atomic mass is 10.0. The Morgan fingerprint density at radius 2 is 1.74 bits per heavy atom. The molecule has 0 bridgehead atoms. The van der Waals surface area contributed by atoms with Crippen LogP contribution in [0.15, 0.2) is 36.4 Å². The normalized spacial score (nSPS) is 11.6. The molecule has 7 heteroatoms. The average molecular weight is 430 g/mol. The molecule has 0 aromatic heterocycles. The maximum atomic E-state index is 11.9. The summed E-state index contributed by atoms with van der Waals surface area (Å²) in [5.74, 6) is 1.51. The van der Waals surface area contributed by atoms with E-state index in [0.29, 0.717) is 47.9 Å². The maximum Gasteiger partial charge on any atom is 0.163 e. The van der Waals surface area contributed by atoms with E-state index in [4.69, 9.17) is 14.2 Å². The van der Waals surface area contributed by atoms with Gasteiger partial charge in [-0.15, -0.1) is 0 Å². The lowest BCUT2D eigenvalue weighted by Crippen LogP contribution is -2.32. The molecular weight excluding hydrogens is 398 g/mol. The summed E-state index contributed by atoms with van der Waals surface area (Å²) in [5, 5.41) is 13.4. The molecule has 0 saturated carbocycles. The van der Waals surface area contributed by atoms with E-state index in [2.05, 4.69) is 5.32 Å². The molecule has 2 aromatic rings. The van der Waals surface area contributed by atoms with Gasteiger partial charge in [0.2, 0.25) is 0 Å². The van der Waals surface area contributed by atoms with Crippen LogP contribution < -0.4 is 19.5 Å². The molecule has 0 heterocycles. The van der Waals surface area contributed by atoms with Gasteiger partial charge >= 0.3 is 0 Å². The highest BCUT2D eigenvalue weighted by molar-refractivity contribution is 6.02. The Morgan fingerprint density at radius 3 is 2.39 bits per heavy atom. The van der Waals surface area contributed by atoms with Crippen molar-refractivity contribution in [2.45, 2.75) is 32.8 Å². The van der Waals surface area contributed by atoms with Crippen LogP contribution in [0, 0.1) is 0 Å². The highest BCUT2D eigenvalue weighted by Gasteiger charge is 2.14. The van der Waals surface area contributed by atoms with Gasteiger partial charge in [0.25, 0.3) is 0 Å². The minimum absolute atomic E-state index is 0.0324. The first kappa shape index (κ1) is 24.4. The Morgan fingerprint density at radius 1 is 1.03 bits per heavy atom. The minimum Gasteiger partial charge on any atom is -0.493 e. The Labute approximate surface area is 183 Å². The van der Waals surface area contributed by atoms with E-state index in [1.807, 2.05) is 18.2 Å². The SMILES string of the molecule is CCC(=O)c1ccc(OCC(O)CNCCc2ccc(OC)c(OC)c2)c(C(C)=O)c1. The summed E-state index contributed by atoms with van der Waals surface area (Å²) >= 11 is 0. The third kappa shape index (κ3) is 7.08. The zero-order valence-corrected chi connectivity index (χ0v) is 18.6. The number of benzene rings is 2. The van der Waals surface area contributed by atoms with Gasteiger partial charge in [-0.3, -0.25) is 9.59 Å². The number of carbonyl (C=O) groups is 2. The standard InChI is InChI=1S/C24H31NO6/c1-5-21(28)18-7-9-22(20(13-18)16(2)26)31-15-19(27)14-25-11-10-17-6-8-23(29-3)24(12-17)30-4/h6-9,12-13,19,25,27H,5,10-11,14-15H2,1-4H3. The topological polar surface area (TPSA) is 94.1 Å². The van der Waals surface area contributed by atoms with Crippen LogP contribution in [0.4, 0.5) is 0 Å². The Kier molecular flexibility index (Phi) is 9.49. The fourth-order valence-electron chi connectivity index (χ4n) is 3.09. The first-order valence-corrected chi connectivity index (χ1v) is 10.3. The molecule has 168 valence electrons. The van der Waals surface area contributed by atoms with Crippen LogP contribution in [0.3, 0.4) is 0 Å². The van der Waals surface area contributed by atoms with Gasteiger partial charge in [-0.1, -0.05) is 13.0 Å². The Bertz CT molecular complexity index is 896. The molecule has 0 aliphatic heterocycles. The molecule has 0 aliphatic carbocycles. The molecule has 1 unspecified atom stereocenters. The third-order valence-corrected chi connectivity index (χ3v) is 4.85. The van der Waals surface area contributed by atoms with Crippen molar-refractivity contribution in [1.29, 1.82) is 0 Å². The molecule has 31 heavy (non-hydrogen) atoms. The fourth-order valence-corrected chi connectivity index (χ4v) is 3.09. The average Bonchev–Trinajstić information content (AvgIpc) is 2.79. The predicted octanol–water partition coefficient (Wildman–Crippen LogP) is 3.07. The summed E-state index contributed by atoms with van der Waals surface area (Å²) in [6.45, 7) is 4.24. The second-order valence-corrected chi connectivity index (χ2v) is 7.15. The second kappa shape index (κ2) is 12.1. The molecule has 2 N–H and O–H groups in total. The van der Waals surface area contributed by atoms with Gasteiger partial charge in [-0.2, -0.15) is 0 Å². The van der Waals surface area contributed by atoms with Gasteiger partial charge in [0, 0.05) is 18.5 Å². The van der Waals surface area contributed by atoms with Crippen molar-refractivity contribution in [2.75, 3.05) is 33.9 Å². The highest BCUT2D eigenvalue weighted by atomic mass is 16.5. The summed E-state index contributed by atoms with van der Waals surface area (Å²) in [6, 6.07) is 10.6.